The van der Waals surface area contributed by atoms with Crippen molar-refractivity contribution < 1.29 is 5.11 Å². The zero-order valence-electron chi connectivity index (χ0n) is 11.4. The van der Waals surface area contributed by atoms with E-state index >= 15 is 0 Å². The van der Waals surface area contributed by atoms with Crippen molar-refractivity contribution in [1.29, 1.82) is 0 Å². The van der Waals surface area contributed by atoms with Crippen molar-refractivity contribution in [2.75, 3.05) is 0 Å². The van der Waals surface area contributed by atoms with Gasteiger partial charge in [-0.25, -0.2) is 0 Å². The average Bonchev–Trinajstić information content (AvgIpc) is 2.92. The van der Waals surface area contributed by atoms with E-state index in [2.05, 4.69) is 48.5 Å². The summed E-state index contributed by atoms with van der Waals surface area (Å²) < 4.78 is 2.61. The fourth-order valence-electron chi connectivity index (χ4n) is 2.83. The summed E-state index contributed by atoms with van der Waals surface area (Å²) in [6, 6.07) is 23.1. The Balaban J connectivity index is 1.97. The number of aliphatic hydroxyl groups excluding tert-OH is 1. The monoisotopic (exact) mass is 290 g/mol. The lowest BCUT2D eigenvalue weighted by Crippen LogP contribution is -1.88. The summed E-state index contributed by atoms with van der Waals surface area (Å²) in [4.78, 5) is 0. The predicted octanol–water partition coefficient (Wildman–Crippen LogP) is 5.21. The Morgan fingerprint density at radius 2 is 1.52 bits per heavy atom. The highest BCUT2D eigenvalue weighted by Crippen LogP contribution is 2.36. The first kappa shape index (κ1) is 12.6. The average molecular weight is 290 g/mol. The van der Waals surface area contributed by atoms with Gasteiger partial charge < -0.3 is 5.11 Å². The summed E-state index contributed by atoms with van der Waals surface area (Å²) in [6.07, 6.45) is 0. The van der Waals surface area contributed by atoms with E-state index in [0.29, 0.717) is 0 Å². The molecule has 1 nitrogen and oxygen atoms in total. The number of hydrogen-bond donors (Lipinski definition) is 1. The van der Waals surface area contributed by atoms with Crippen molar-refractivity contribution in [3.8, 4) is 11.1 Å². The van der Waals surface area contributed by atoms with E-state index in [-0.39, 0.29) is 6.61 Å². The van der Waals surface area contributed by atoms with E-state index in [0.717, 1.165) is 11.1 Å². The summed E-state index contributed by atoms with van der Waals surface area (Å²) in [6.45, 7) is 0.0701. The Kier molecular flexibility index (Phi) is 2.99. The molecule has 1 heterocycles. The summed E-state index contributed by atoms with van der Waals surface area (Å²) in [5.74, 6) is 0. The van der Waals surface area contributed by atoms with Gasteiger partial charge >= 0.3 is 0 Å². The molecule has 21 heavy (non-hydrogen) atoms. The molecule has 102 valence electrons. The second-order valence-electron chi connectivity index (χ2n) is 5.12. The quantitative estimate of drug-likeness (QED) is 0.537. The molecule has 1 N–H and O–H groups in total. The van der Waals surface area contributed by atoms with Crippen LogP contribution in [0.4, 0.5) is 0 Å². The first-order valence-electron chi connectivity index (χ1n) is 6.97. The molecule has 0 aliphatic heterocycles. The van der Waals surface area contributed by atoms with Crippen LogP contribution in [0, 0.1) is 0 Å². The van der Waals surface area contributed by atoms with Gasteiger partial charge in [0.1, 0.15) is 0 Å². The largest absolute Gasteiger partial charge is 0.392 e. The maximum Gasteiger partial charge on any atom is 0.0687 e. The lowest BCUT2D eigenvalue weighted by Gasteiger charge is -2.07. The number of fused-ring (bicyclic) bond motifs is 3. The fraction of sp³-hybridized carbons (Fsp3) is 0.0526. The predicted molar refractivity (Wildman–Crippen MR) is 90.7 cm³/mol. The van der Waals surface area contributed by atoms with Gasteiger partial charge in [-0.1, -0.05) is 54.6 Å². The van der Waals surface area contributed by atoms with Gasteiger partial charge in [-0.2, -0.15) is 0 Å². The highest BCUT2D eigenvalue weighted by atomic mass is 32.1. The van der Waals surface area contributed by atoms with Crippen molar-refractivity contribution in [2.45, 2.75) is 6.61 Å². The summed E-state index contributed by atoms with van der Waals surface area (Å²) in [7, 11) is 0. The van der Waals surface area contributed by atoms with Crippen molar-refractivity contribution in [3.63, 3.8) is 0 Å². The lowest BCUT2D eigenvalue weighted by atomic mass is 9.99. The normalized spacial score (nSPS) is 11.3. The minimum Gasteiger partial charge on any atom is -0.392 e. The third-order valence-electron chi connectivity index (χ3n) is 3.88. The maximum atomic E-state index is 9.51. The smallest absolute Gasteiger partial charge is 0.0687 e. The zero-order chi connectivity index (χ0) is 14.2. The van der Waals surface area contributed by atoms with Crippen LogP contribution in [0.2, 0.25) is 0 Å². The summed E-state index contributed by atoms with van der Waals surface area (Å²) >= 11 is 1.82. The molecule has 0 atom stereocenters. The number of aliphatic hydroxyl groups is 1. The van der Waals surface area contributed by atoms with E-state index in [1.165, 1.54) is 25.7 Å². The van der Waals surface area contributed by atoms with Crippen LogP contribution in [-0.4, -0.2) is 5.11 Å². The molecule has 0 aliphatic rings. The van der Waals surface area contributed by atoms with E-state index in [1.54, 1.807) is 0 Å². The third kappa shape index (κ3) is 2.04. The van der Waals surface area contributed by atoms with Gasteiger partial charge in [0.05, 0.1) is 6.61 Å². The van der Waals surface area contributed by atoms with Crippen molar-refractivity contribution in [1.82, 2.24) is 0 Å². The van der Waals surface area contributed by atoms with Crippen molar-refractivity contribution in [2.24, 2.45) is 0 Å². The molecule has 3 aromatic carbocycles. The van der Waals surface area contributed by atoms with Gasteiger partial charge in [0, 0.05) is 20.2 Å². The molecular formula is C19H14OS. The van der Waals surface area contributed by atoms with E-state index in [1.807, 2.05) is 29.5 Å². The Morgan fingerprint density at radius 3 is 2.43 bits per heavy atom. The van der Waals surface area contributed by atoms with Gasteiger partial charge in [-0.05, 0) is 28.8 Å². The number of rotatable bonds is 2. The number of thiophene rings is 1. The van der Waals surface area contributed by atoms with Crippen LogP contribution < -0.4 is 0 Å². The first-order valence-corrected chi connectivity index (χ1v) is 7.79. The Labute approximate surface area is 127 Å². The highest BCUT2D eigenvalue weighted by molar-refractivity contribution is 7.25. The molecule has 0 fully saturated rings. The lowest BCUT2D eigenvalue weighted by molar-refractivity contribution is 0.282. The van der Waals surface area contributed by atoms with Crippen LogP contribution in [0.25, 0.3) is 31.3 Å². The molecular weight excluding hydrogens is 276 g/mol. The van der Waals surface area contributed by atoms with Gasteiger partial charge in [0.2, 0.25) is 0 Å². The molecule has 1 aromatic heterocycles. The Hall–Kier alpha value is -2.16. The molecule has 0 saturated heterocycles. The second kappa shape index (κ2) is 4.99. The highest BCUT2D eigenvalue weighted by Gasteiger charge is 2.08. The molecule has 0 bridgehead atoms. The third-order valence-corrected chi connectivity index (χ3v) is 5.01. The van der Waals surface area contributed by atoms with E-state index < -0.39 is 0 Å². The fourth-order valence-corrected chi connectivity index (χ4v) is 3.98. The SMILES string of the molecule is OCc1ccccc1-c1ccc2c(c1)sc1ccccc12. The maximum absolute atomic E-state index is 9.51. The minimum atomic E-state index is 0.0701. The van der Waals surface area contributed by atoms with E-state index in [9.17, 15) is 5.11 Å². The molecule has 0 spiro atoms. The summed E-state index contributed by atoms with van der Waals surface area (Å²) in [5.41, 5.74) is 3.25. The van der Waals surface area contributed by atoms with Crippen molar-refractivity contribution >= 4 is 31.5 Å². The van der Waals surface area contributed by atoms with Crippen LogP contribution in [-0.2, 0) is 6.61 Å². The van der Waals surface area contributed by atoms with Gasteiger partial charge in [-0.15, -0.1) is 11.3 Å². The van der Waals surface area contributed by atoms with Crippen molar-refractivity contribution in [3.05, 3.63) is 72.3 Å². The van der Waals surface area contributed by atoms with Gasteiger partial charge in [0.15, 0.2) is 0 Å². The standard InChI is InChI=1S/C19H14OS/c20-12-14-5-1-2-6-15(14)13-9-10-17-16-7-3-4-8-18(16)21-19(17)11-13/h1-11,20H,12H2. The molecule has 0 aliphatic carbocycles. The Bertz CT molecular complexity index is 937. The zero-order valence-corrected chi connectivity index (χ0v) is 12.2. The Morgan fingerprint density at radius 1 is 0.762 bits per heavy atom. The van der Waals surface area contributed by atoms with Crippen LogP contribution in [0.1, 0.15) is 5.56 Å². The van der Waals surface area contributed by atoms with Crippen LogP contribution in [0.5, 0.6) is 0 Å². The molecule has 0 saturated carbocycles. The van der Waals surface area contributed by atoms with Crippen LogP contribution in [0.3, 0.4) is 0 Å². The summed E-state index contributed by atoms with van der Waals surface area (Å²) in [5, 5.41) is 12.1. The van der Waals surface area contributed by atoms with Gasteiger partial charge in [-0.3, -0.25) is 0 Å². The van der Waals surface area contributed by atoms with Gasteiger partial charge in [0.25, 0.3) is 0 Å². The second-order valence-corrected chi connectivity index (χ2v) is 6.21. The first-order chi connectivity index (χ1) is 10.4. The minimum absolute atomic E-state index is 0.0701. The number of benzene rings is 3. The molecule has 2 heteroatoms. The molecule has 4 aromatic rings. The van der Waals surface area contributed by atoms with Crippen LogP contribution >= 0.6 is 11.3 Å². The number of hydrogen-bond acceptors (Lipinski definition) is 2. The van der Waals surface area contributed by atoms with Crippen LogP contribution in [0.15, 0.2) is 66.7 Å². The topological polar surface area (TPSA) is 20.2 Å². The molecule has 0 unspecified atom stereocenters. The molecule has 0 radical (unpaired) electrons. The molecule has 0 amide bonds. The van der Waals surface area contributed by atoms with E-state index in [4.69, 9.17) is 0 Å². The molecule has 4 rings (SSSR count).